The second kappa shape index (κ2) is 6.76. The highest BCUT2D eigenvalue weighted by molar-refractivity contribution is 5.98. The van der Waals surface area contributed by atoms with E-state index in [2.05, 4.69) is 10.5 Å². The Balaban J connectivity index is 1.64. The van der Waals surface area contributed by atoms with E-state index in [1.807, 2.05) is 36.4 Å². The van der Waals surface area contributed by atoms with Crippen LogP contribution in [0.1, 0.15) is 16.8 Å². The first-order valence-electron chi connectivity index (χ1n) is 7.10. The van der Waals surface area contributed by atoms with Crippen molar-refractivity contribution in [3.05, 3.63) is 60.2 Å². The Bertz CT molecular complexity index is 683. The number of benzene rings is 2. The molecule has 1 heterocycles. The third-order valence-corrected chi connectivity index (χ3v) is 3.20. The fraction of sp³-hybridized carbons (Fsp3) is 0.176. The van der Waals surface area contributed by atoms with Crippen molar-refractivity contribution in [2.24, 2.45) is 5.16 Å². The predicted molar refractivity (Wildman–Crippen MR) is 83.3 cm³/mol. The lowest BCUT2D eigenvalue weighted by molar-refractivity contribution is 0.0959. The summed E-state index contributed by atoms with van der Waals surface area (Å²) in [4.78, 5) is 17.0. The van der Waals surface area contributed by atoms with Gasteiger partial charge in [0.1, 0.15) is 18.1 Å². The van der Waals surface area contributed by atoms with Crippen LogP contribution in [0, 0.1) is 0 Å². The lowest BCUT2D eigenvalue weighted by atomic mass is 10.2. The second-order valence-corrected chi connectivity index (χ2v) is 4.87. The monoisotopic (exact) mass is 296 g/mol. The Morgan fingerprint density at radius 3 is 2.73 bits per heavy atom. The van der Waals surface area contributed by atoms with Gasteiger partial charge in [-0.3, -0.25) is 4.79 Å². The number of ether oxygens (including phenoxy) is 1. The Labute approximate surface area is 128 Å². The van der Waals surface area contributed by atoms with Gasteiger partial charge in [0.25, 0.3) is 5.91 Å². The molecule has 1 amide bonds. The first-order chi connectivity index (χ1) is 10.8. The average Bonchev–Trinajstić information content (AvgIpc) is 3.07. The van der Waals surface area contributed by atoms with Gasteiger partial charge in [0.15, 0.2) is 0 Å². The molecule has 5 nitrogen and oxygen atoms in total. The highest BCUT2D eigenvalue weighted by Crippen LogP contribution is 2.21. The Kier molecular flexibility index (Phi) is 4.34. The molecule has 1 N–H and O–H groups in total. The summed E-state index contributed by atoms with van der Waals surface area (Å²) in [6, 6.07) is 16.5. The number of para-hydroxylation sites is 1. The number of hydrogen-bond acceptors (Lipinski definition) is 4. The zero-order valence-corrected chi connectivity index (χ0v) is 12.0. The van der Waals surface area contributed by atoms with Gasteiger partial charge in [0, 0.05) is 12.0 Å². The number of nitrogens with one attached hydrogen (secondary N) is 1. The van der Waals surface area contributed by atoms with Gasteiger partial charge in [-0.25, -0.2) is 0 Å². The fourth-order valence-electron chi connectivity index (χ4n) is 2.08. The number of carbonyl (C=O) groups excluding carboxylic acids is 1. The summed E-state index contributed by atoms with van der Waals surface area (Å²) in [5.41, 5.74) is 1.40. The molecule has 22 heavy (non-hydrogen) atoms. The molecule has 0 bridgehead atoms. The van der Waals surface area contributed by atoms with Crippen molar-refractivity contribution < 1.29 is 14.4 Å². The Hall–Kier alpha value is -2.82. The molecule has 0 fully saturated rings. The third kappa shape index (κ3) is 3.63. The highest BCUT2D eigenvalue weighted by atomic mass is 16.6. The van der Waals surface area contributed by atoms with Crippen molar-refractivity contribution in [3.63, 3.8) is 0 Å². The molecule has 0 saturated carbocycles. The molecule has 1 aliphatic heterocycles. The fourth-order valence-corrected chi connectivity index (χ4v) is 2.08. The molecule has 0 atom stereocenters. The first kappa shape index (κ1) is 14.1. The van der Waals surface area contributed by atoms with Crippen LogP contribution in [0.3, 0.4) is 0 Å². The van der Waals surface area contributed by atoms with Gasteiger partial charge in [-0.1, -0.05) is 29.4 Å². The van der Waals surface area contributed by atoms with E-state index in [0.29, 0.717) is 24.5 Å². The minimum Gasteiger partial charge on any atom is -0.457 e. The number of carbonyl (C=O) groups is 1. The maximum absolute atomic E-state index is 12.1. The Morgan fingerprint density at radius 1 is 1.14 bits per heavy atom. The zero-order chi connectivity index (χ0) is 15.2. The van der Waals surface area contributed by atoms with Crippen molar-refractivity contribution >= 4 is 11.6 Å². The maximum atomic E-state index is 12.1. The van der Waals surface area contributed by atoms with Crippen LogP contribution in [0.2, 0.25) is 0 Å². The lowest BCUT2D eigenvalue weighted by Crippen LogP contribution is -2.28. The van der Waals surface area contributed by atoms with Crippen molar-refractivity contribution in [1.82, 2.24) is 5.32 Å². The topological polar surface area (TPSA) is 59.9 Å². The van der Waals surface area contributed by atoms with Crippen LogP contribution in [0.4, 0.5) is 0 Å². The number of hydrogen-bond donors (Lipinski definition) is 1. The summed E-state index contributed by atoms with van der Waals surface area (Å²) in [5.74, 6) is 1.20. The molecule has 0 saturated heterocycles. The molecular formula is C17H16N2O3. The average molecular weight is 296 g/mol. The standard InChI is InChI=1S/C17H16N2O3/c20-17(18-12-14-9-10-21-19-14)13-5-4-8-16(11-13)22-15-6-2-1-3-7-15/h1-8,11H,9-10,12H2,(H,18,20). The molecule has 112 valence electrons. The van der Waals surface area contributed by atoms with E-state index in [-0.39, 0.29) is 5.91 Å². The molecule has 0 aromatic heterocycles. The summed E-state index contributed by atoms with van der Waals surface area (Å²) in [6.45, 7) is 0.994. The molecule has 0 unspecified atom stereocenters. The maximum Gasteiger partial charge on any atom is 0.251 e. The van der Waals surface area contributed by atoms with E-state index in [9.17, 15) is 4.79 Å². The van der Waals surface area contributed by atoms with Crippen LogP contribution in [0.25, 0.3) is 0 Å². The molecule has 0 radical (unpaired) electrons. The minimum atomic E-state index is -0.159. The number of amides is 1. The predicted octanol–water partition coefficient (Wildman–Crippen LogP) is 2.99. The van der Waals surface area contributed by atoms with Gasteiger partial charge in [-0.15, -0.1) is 0 Å². The van der Waals surface area contributed by atoms with E-state index in [0.717, 1.165) is 17.9 Å². The van der Waals surface area contributed by atoms with Gasteiger partial charge in [0.05, 0.1) is 12.3 Å². The highest BCUT2D eigenvalue weighted by Gasteiger charge is 2.11. The smallest absolute Gasteiger partial charge is 0.251 e. The lowest BCUT2D eigenvalue weighted by Gasteiger charge is -2.08. The molecular weight excluding hydrogens is 280 g/mol. The van der Waals surface area contributed by atoms with Crippen LogP contribution in [0.5, 0.6) is 11.5 Å². The van der Waals surface area contributed by atoms with E-state index in [1.165, 1.54) is 0 Å². The van der Waals surface area contributed by atoms with Gasteiger partial charge >= 0.3 is 0 Å². The summed E-state index contributed by atoms with van der Waals surface area (Å²) in [5, 5.41) is 6.68. The zero-order valence-electron chi connectivity index (χ0n) is 12.0. The van der Waals surface area contributed by atoms with E-state index in [1.54, 1.807) is 18.2 Å². The molecule has 2 aromatic rings. The molecule has 0 spiro atoms. The molecule has 2 aromatic carbocycles. The second-order valence-electron chi connectivity index (χ2n) is 4.87. The van der Waals surface area contributed by atoms with E-state index >= 15 is 0 Å². The van der Waals surface area contributed by atoms with Gasteiger partial charge < -0.3 is 14.9 Å². The normalized spacial score (nSPS) is 13.2. The summed E-state index contributed by atoms with van der Waals surface area (Å²) in [7, 11) is 0. The van der Waals surface area contributed by atoms with Crippen molar-refractivity contribution in [1.29, 1.82) is 0 Å². The van der Waals surface area contributed by atoms with Crippen LogP contribution in [-0.4, -0.2) is 24.8 Å². The largest absolute Gasteiger partial charge is 0.457 e. The van der Waals surface area contributed by atoms with Crippen molar-refractivity contribution in [2.45, 2.75) is 6.42 Å². The number of oxime groups is 1. The van der Waals surface area contributed by atoms with Gasteiger partial charge in [-0.05, 0) is 30.3 Å². The van der Waals surface area contributed by atoms with Gasteiger partial charge in [-0.2, -0.15) is 0 Å². The third-order valence-electron chi connectivity index (χ3n) is 3.20. The molecule has 3 rings (SSSR count). The minimum absolute atomic E-state index is 0.159. The molecule has 0 aliphatic carbocycles. The first-order valence-corrected chi connectivity index (χ1v) is 7.10. The summed E-state index contributed by atoms with van der Waals surface area (Å²) in [6.07, 6.45) is 0.761. The summed E-state index contributed by atoms with van der Waals surface area (Å²) < 4.78 is 5.72. The van der Waals surface area contributed by atoms with Crippen LogP contribution in [0.15, 0.2) is 59.8 Å². The summed E-state index contributed by atoms with van der Waals surface area (Å²) >= 11 is 0. The van der Waals surface area contributed by atoms with E-state index < -0.39 is 0 Å². The molecule has 5 heteroatoms. The quantitative estimate of drug-likeness (QED) is 0.922. The Morgan fingerprint density at radius 2 is 1.95 bits per heavy atom. The molecule has 1 aliphatic rings. The van der Waals surface area contributed by atoms with Crippen molar-refractivity contribution in [3.8, 4) is 11.5 Å². The SMILES string of the molecule is O=C(NCC1=NOCC1)c1cccc(Oc2ccccc2)c1. The van der Waals surface area contributed by atoms with E-state index in [4.69, 9.17) is 9.57 Å². The number of nitrogens with zero attached hydrogens (tertiary/aromatic N) is 1. The number of rotatable bonds is 5. The van der Waals surface area contributed by atoms with Crippen LogP contribution < -0.4 is 10.1 Å². The van der Waals surface area contributed by atoms with Crippen LogP contribution in [-0.2, 0) is 4.84 Å². The van der Waals surface area contributed by atoms with Crippen LogP contribution >= 0.6 is 0 Å². The van der Waals surface area contributed by atoms with Gasteiger partial charge in [0.2, 0.25) is 0 Å². The van der Waals surface area contributed by atoms with Crippen molar-refractivity contribution in [2.75, 3.05) is 13.2 Å².